The highest BCUT2D eigenvalue weighted by Gasteiger charge is 2.20. The second-order valence-corrected chi connectivity index (χ2v) is 5.79. The van der Waals surface area contributed by atoms with E-state index in [-0.39, 0.29) is 12.3 Å². The van der Waals surface area contributed by atoms with Gasteiger partial charge in [0.1, 0.15) is 0 Å². The van der Waals surface area contributed by atoms with Gasteiger partial charge in [-0.1, -0.05) is 25.1 Å². The Bertz CT molecular complexity index is 770. The van der Waals surface area contributed by atoms with Crippen LogP contribution in [0.2, 0.25) is 0 Å². The number of carboxylic acids is 1. The van der Waals surface area contributed by atoms with Crippen LogP contribution in [0.15, 0.2) is 42.5 Å². The first-order chi connectivity index (χ1) is 12.5. The molecule has 26 heavy (non-hydrogen) atoms. The van der Waals surface area contributed by atoms with Crippen LogP contribution in [0.3, 0.4) is 0 Å². The maximum absolute atomic E-state index is 12.5. The molecule has 0 aliphatic carbocycles. The second-order valence-electron chi connectivity index (χ2n) is 5.79. The fourth-order valence-electron chi connectivity index (χ4n) is 2.63. The van der Waals surface area contributed by atoms with Gasteiger partial charge in [0.05, 0.1) is 26.7 Å². The van der Waals surface area contributed by atoms with Crippen LogP contribution in [-0.2, 0) is 11.2 Å². The van der Waals surface area contributed by atoms with E-state index < -0.39 is 12.0 Å². The standard InChI is InChI=1S/C20H23NO5/c1-4-13-5-7-14(8-6-13)20(24)21-16(12-19(22)23)15-9-10-17(25-2)18(11-15)26-3/h5-11,16H,4,12H2,1-3H3,(H,21,24)(H,22,23). The van der Waals surface area contributed by atoms with Crippen molar-refractivity contribution in [1.29, 1.82) is 0 Å². The number of hydrogen-bond donors (Lipinski definition) is 2. The number of carbonyl (C=O) groups excluding carboxylic acids is 1. The Kier molecular flexibility index (Phi) is 6.60. The molecule has 0 saturated heterocycles. The zero-order valence-corrected chi connectivity index (χ0v) is 15.1. The third-order valence-electron chi connectivity index (χ3n) is 4.12. The first-order valence-electron chi connectivity index (χ1n) is 8.32. The number of ether oxygens (including phenoxy) is 2. The highest BCUT2D eigenvalue weighted by Crippen LogP contribution is 2.31. The number of amides is 1. The SMILES string of the molecule is CCc1ccc(C(=O)NC(CC(=O)O)c2ccc(OC)c(OC)c2)cc1. The highest BCUT2D eigenvalue weighted by molar-refractivity contribution is 5.94. The highest BCUT2D eigenvalue weighted by atomic mass is 16.5. The largest absolute Gasteiger partial charge is 0.493 e. The van der Waals surface area contributed by atoms with Gasteiger partial charge in [-0.25, -0.2) is 0 Å². The lowest BCUT2D eigenvalue weighted by molar-refractivity contribution is -0.137. The molecule has 0 aromatic heterocycles. The number of benzene rings is 2. The van der Waals surface area contributed by atoms with Gasteiger partial charge in [-0.05, 0) is 41.8 Å². The Morgan fingerprint density at radius 3 is 2.23 bits per heavy atom. The molecule has 2 N–H and O–H groups in total. The number of hydrogen-bond acceptors (Lipinski definition) is 4. The van der Waals surface area contributed by atoms with E-state index in [9.17, 15) is 14.7 Å². The summed E-state index contributed by atoms with van der Waals surface area (Å²) in [6.45, 7) is 2.04. The monoisotopic (exact) mass is 357 g/mol. The number of carboxylic acid groups (broad SMARTS) is 1. The minimum absolute atomic E-state index is 0.242. The number of carbonyl (C=O) groups is 2. The Labute approximate surface area is 152 Å². The molecule has 2 rings (SSSR count). The van der Waals surface area contributed by atoms with Crippen LogP contribution in [0.4, 0.5) is 0 Å². The number of methoxy groups -OCH3 is 2. The molecule has 0 aliphatic heterocycles. The van der Waals surface area contributed by atoms with Crippen molar-refractivity contribution in [2.75, 3.05) is 14.2 Å². The topological polar surface area (TPSA) is 84.9 Å². The molecule has 1 unspecified atom stereocenters. The summed E-state index contributed by atoms with van der Waals surface area (Å²) < 4.78 is 10.5. The fourth-order valence-corrected chi connectivity index (χ4v) is 2.63. The van der Waals surface area contributed by atoms with Crippen molar-refractivity contribution in [3.63, 3.8) is 0 Å². The summed E-state index contributed by atoms with van der Waals surface area (Å²) >= 11 is 0. The predicted octanol–water partition coefficient (Wildman–Crippen LogP) is 3.21. The van der Waals surface area contributed by atoms with Crippen molar-refractivity contribution in [1.82, 2.24) is 5.32 Å². The van der Waals surface area contributed by atoms with Crippen molar-refractivity contribution < 1.29 is 24.2 Å². The van der Waals surface area contributed by atoms with Crippen molar-refractivity contribution in [2.45, 2.75) is 25.8 Å². The summed E-state index contributed by atoms with van der Waals surface area (Å²) in [4.78, 5) is 23.8. The Morgan fingerprint density at radius 1 is 1.04 bits per heavy atom. The molecule has 0 saturated carbocycles. The summed E-state index contributed by atoms with van der Waals surface area (Å²) in [6, 6.07) is 11.6. The Balaban J connectivity index is 2.26. The zero-order chi connectivity index (χ0) is 19.1. The average Bonchev–Trinajstić information content (AvgIpc) is 2.66. The third-order valence-corrected chi connectivity index (χ3v) is 4.12. The number of rotatable bonds is 8. The van der Waals surface area contributed by atoms with Gasteiger partial charge in [0.2, 0.25) is 0 Å². The molecule has 0 fully saturated rings. The molecule has 1 atom stereocenters. The fraction of sp³-hybridized carbons (Fsp3) is 0.300. The smallest absolute Gasteiger partial charge is 0.305 e. The van der Waals surface area contributed by atoms with Gasteiger partial charge in [-0.2, -0.15) is 0 Å². The van der Waals surface area contributed by atoms with Gasteiger partial charge < -0.3 is 19.9 Å². The van der Waals surface area contributed by atoms with Crippen LogP contribution in [0.1, 0.15) is 40.9 Å². The van der Waals surface area contributed by atoms with Crippen LogP contribution in [0.25, 0.3) is 0 Å². The van der Waals surface area contributed by atoms with Gasteiger partial charge in [-0.3, -0.25) is 9.59 Å². The van der Waals surface area contributed by atoms with Crippen LogP contribution in [0.5, 0.6) is 11.5 Å². The molecule has 1 amide bonds. The summed E-state index contributed by atoms with van der Waals surface area (Å²) in [5.74, 6) is -0.325. The normalized spacial score (nSPS) is 11.5. The molecule has 0 radical (unpaired) electrons. The van der Waals surface area contributed by atoms with Crippen LogP contribution in [-0.4, -0.2) is 31.2 Å². The number of aryl methyl sites for hydroxylation is 1. The van der Waals surface area contributed by atoms with Crippen LogP contribution in [0, 0.1) is 0 Å². The Morgan fingerprint density at radius 2 is 1.69 bits per heavy atom. The molecule has 6 heteroatoms. The van der Waals surface area contributed by atoms with E-state index in [1.807, 2.05) is 19.1 Å². The van der Waals surface area contributed by atoms with E-state index in [0.717, 1.165) is 12.0 Å². The minimum Gasteiger partial charge on any atom is -0.493 e. The van der Waals surface area contributed by atoms with E-state index in [1.165, 1.54) is 14.2 Å². The van der Waals surface area contributed by atoms with Gasteiger partial charge in [0, 0.05) is 5.56 Å². The van der Waals surface area contributed by atoms with Crippen LogP contribution < -0.4 is 14.8 Å². The summed E-state index contributed by atoms with van der Waals surface area (Å²) in [5.41, 5.74) is 2.24. The minimum atomic E-state index is -1.01. The summed E-state index contributed by atoms with van der Waals surface area (Å²) in [5, 5.41) is 12.0. The summed E-state index contributed by atoms with van der Waals surface area (Å²) in [6.07, 6.45) is 0.642. The molecule has 0 aliphatic rings. The van der Waals surface area contributed by atoms with Crippen LogP contribution >= 0.6 is 0 Å². The first-order valence-corrected chi connectivity index (χ1v) is 8.32. The lowest BCUT2D eigenvalue weighted by atomic mass is 10.0. The summed E-state index contributed by atoms with van der Waals surface area (Å²) in [7, 11) is 3.02. The van der Waals surface area contributed by atoms with Crippen molar-refractivity contribution in [3.8, 4) is 11.5 Å². The molecular weight excluding hydrogens is 334 g/mol. The molecular formula is C20H23NO5. The van der Waals surface area contributed by atoms with E-state index in [2.05, 4.69) is 5.32 Å². The van der Waals surface area contributed by atoms with Gasteiger partial charge in [0.15, 0.2) is 11.5 Å². The van der Waals surface area contributed by atoms with Crippen molar-refractivity contribution >= 4 is 11.9 Å². The molecule has 0 spiro atoms. The molecule has 2 aromatic rings. The Hall–Kier alpha value is -3.02. The molecule has 0 heterocycles. The molecule has 138 valence electrons. The first kappa shape index (κ1) is 19.3. The second kappa shape index (κ2) is 8.89. The maximum Gasteiger partial charge on any atom is 0.305 e. The van der Waals surface area contributed by atoms with E-state index in [1.54, 1.807) is 30.3 Å². The van der Waals surface area contributed by atoms with E-state index >= 15 is 0 Å². The lowest BCUT2D eigenvalue weighted by Crippen LogP contribution is -2.30. The molecule has 6 nitrogen and oxygen atoms in total. The van der Waals surface area contributed by atoms with Gasteiger partial charge in [-0.15, -0.1) is 0 Å². The van der Waals surface area contributed by atoms with E-state index in [4.69, 9.17) is 9.47 Å². The molecule has 0 bridgehead atoms. The van der Waals surface area contributed by atoms with E-state index in [0.29, 0.717) is 22.6 Å². The quantitative estimate of drug-likeness (QED) is 0.758. The van der Waals surface area contributed by atoms with Gasteiger partial charge in [0.25, 0.3) is 5.91 Å². The van der Waals surface area contributed by atoms with Gasteiger partial charge >= 0.3 is 5.97 Å². The lowest BCUT2D eigenvalue weighted by Gasteiger charge is -2.19. The maximum atomic E-state index is 12.5. The number of aliphatic carboxylic acids is 1. The predicted molar refractivity (Wildman–Crippen MR) is 97.8 cm³/mol. The average molecular weight is 357 g/mol. The van der Waals surface area contributed by atoms with Crippen molar-refractivity contribution in [3.05, 3.63) is 59.2 Å². The number of nitrogens with one attached hydrogen (secondary N) is 1. The molecule has 2 aromatic carbocycles. The zero-order valence-electron chi connectivity index (χ0n) is 15.1. The third kappa shape index (κ3) is 4.75. The van der Waals surface area contributed by atoms with Crippen molar-refractivity contribution in [2.24, 2.45) is 0 Å².